The van der Waals surface area contributed by atoms with Crippen molar-refractivity contribution in [2.24, 2.45) is 5.73 Å². The first kappa shape index (κ1) is 9.33. The Labute approximate surface area is 79.0 Å². The first-order valence-electron chi connectivity index (χ1n) is 4.13. The quantitative estimate of drug-likeness (QED) is 0.595. The lowest BCUT2D eigenvalue weighted by atomic mass is 10.2. The fourth-order valence-corrected chi connectivity index (χ4v) is 0.868. The lowest BCUT2D eigenvalue weighted by molar-refractivity contribution is 1.42. The van der Waals surface area contributed by atoms with Gasteiger partial charge in [0, 0.05) is 5.70 Å². The van der Waals surface area contributed by atoms with Crippen LogP contribution in [0.25, 0.3) is 0 Å². The molecule has 0 atom stereocenters. The van der Waals surface area contributed by atoms with E-state index in [1.54, 1.807) is 0 Å². The molecule has 1 aliphatic rings. The predicted molar refractivity (Wildman–Crippen MR) is 58.0 cm³/mol. The van der Waals surface area contributed by atoms with E-state index < -0.39 is 0 Å². The van der Waals surface area contributed by atoms with Gasteiger partial charge in [-0.25, -0.2) is 0 Å². The van der Waals surface area contributed by atoms with Crippen molar-refractivity contribution in [3.8, 4) is 0 Å². The summed E-state index contributed by atoms with van der Waals surface area (Å²) in [6.45, 7) is 3.85. The third-order valence-electron chi connectivity index (χ3n) is 1.53. The molecule has 1 heteroatoms. The summed E-state index contributed by atoms with van der Waals surface area (Å²) in [7, 11) is 0. The van der Waals surface area contributed by atoms with E-state index in [2.05, 4.69) is 6.58 Å². The lowest BCUT2D eigenvalue weighted by Crippen LogP contribution is -1.90. The Hall–Kier alpha value is -1.76. The molecule has 0 aromatic carbocycles. The monoisotopic (exact) mass is 171 g/mol. The molecule has 0 bridgehead atoms. The van der Waals surface area contributed by atoms with Gasteiger partial charge in [-0.2, -0.15) is 0 Å². The number of rotatable bonds is 0. The van der Waals surface area contributed by atoms with Crippen LogP contribution in [0.15, 0.2) is 72.5 Å². The van der Waals surface area contributed by atoms with Crippen LogP contribution in [0.2, 0.25) is 0 Å². The normalized spacial score (nSPS) is 30.8. The number of allylic oxidation sites excluding steroid dienone is 10. The fourth-order valence-electron chi connectivity index (χ4n) is 0.868. The first-order chi connectivity index (χ1) is 6.29. The van der Waals surface area contributed by atoms with Crippen LogP contribution in [-0.2, 0) is 0 Å². The van der Waals surface area contributed by atoms with E-state index in [-0.39, 0.29) is 0 Å². The number of nitrogens with two attached hydrogens (primary N) is 1. The van der Waals surface area contributed by atoms with Gasteiger partial charge >= 0.3 is 0 Å². The molecule has 1 rings (SSSR count). The average molecular weight is 171 g/mol. The van der Waals surface area contributed by atoms with Gasteiger partial charge in [0.15, 0.2) is 0 Å². The molecule has 13 heavy (non-hydrogen) atoms. The van der Waals surface area contributed by atoms with Crippen LogP contribution in [0, 0.1) is 0 Å². The molecule has 0 amide bonds. The average Bonchev–Trinajstić information content (AvgIpc) is 2.13. The maximum absolute atomic E-state index is 5.66. The highest BCUT2D eigenvalue weighted by Crippen LogP contribution is 1.99. The second kappa shape index (κ2) is 4.99. The highest BCUT2D eigenvalue weighted by molar-refractivity contribution is 5.34. The highest BCUT2D eigenvalue weighted by Gasteiger charge is 1.80. The maximum atomic E-state index is 5.66. The van der Waals surface area contributed by atoms with Crippen LogP contribution in [0.4, 0.5) is 0 Å². The molecule has 0 aromatic heterocycles. The van der Waals surface area contributed by atoms with Crippen molar-refractivity contribution in [3.05, 3.63) is 72.5 Å². The van der Waals surface area contributed by atoms with Gasteiger partial charge in [0.25, 0.3) is 0 Å². The van der Waals surface area contributed by atoms with E-state index >= 15 is 0 Å². The van der Waals surface area contributed by atoms with Crippen LogP contribution in [-0.4, -0.2) is 0 Å². The van der Waals surface area contributed by atoms with Crippen molar-refractivity contribution in [1.82, 2.24) is 0 Å². The zero-order chi connectivity index (χ0) is 9.52. The molecule has 2 N–H and O–H groups in total. The molecule has 0 saturated heterocycles. The zero-order valence-corrected chi connectivity index (χ0v) is 7.48. The molecule has 0 unspecified atom stereocenters. The Morgan fingerprint density at radius 3 is 2.23 bits per heavy atom. The molecule has 0 aliphatic heterocycles. The molecule has 0 fully saturated rings. The SMILES string of the molecule is C=C1\C=C/C=C\C=C\C(N)=C/C=C\1. The van der Waals surface area contributed by atoms with E-state index in [1.807, 2.05) is 54.7 Å². The number of hydrogen-bond donors (Lipinski definition) is 1. The number of hydrogen-bond acceptors (Lipinski definition) is 1. The summed E-state index contributed by atoms with van der Waals surface area (Å²) in [6.07, 6.45) is 17.1. The molecule has 66 valence electrons. The topological polar surface area (TPSA) is 26.0 Å². The molecule has 0 saturated carbocycles. The summed E-state index contributed by atoms with van der Waals surface area (Å²) >= 11 is 0. The van der Waals surface area contributed by atoms with Crippen LogP contribution in [0.1, 0.15) is 0 Å². The molecule has 1 nitrogen and oxygen atoms in total. The molecular formula is C12H13N. The van der Waals surface area contributed by atoms with Gasteiger partial charge < -0.3 is 5.73 Å². The van der Waals surface area contributed by atoms with Crippen molar-refractivity contribution in [2.75, 3.05) is 0 Å². The van der Waals surface area contributed by atoms with Crippen LogP contribution >= 0.6 is 0 Å². The van der Waals surface area contributed by atoms with Crippen molar-refractivity contribution >= 4 is 0 Å². The summed E-state index contributed by atoms with van der Waals surface area (Å²) in [4.78, 5) is 0. The second-order valence-corrected chi connectivity index (χ2v) is 2.70. The minimum absolute atomic E-state index is 0.732. The van der Waals surface area contributed by atoms with Gasteiger partial charge in [0.1, 0.15) is 0 Å². The molecule has 0 aromatic rings. The molecular weight excluding hydrogens is 158 g/mol. The Morgan fingerprint density at radius 2 is 1.46 bits per heavy atom. The Bertz CT molecular complexity index is 325. The summed E-state index contributed by atoms with van der Waals surface area (Å²) < 4.78 is 0. The van der Waals surface area contributed by atoms with Gasteiger partial charge in [-0.15, -0.1) is 0 Å². The van der Waals surface area contributed by atoms with E-state index in [0.29, 0.717) is 0 Å². The van der Waals surface area contributed by atoms with Gasteiger partial charge in [-0.3, -0.25) is 0 Å². The van der Waals surface area contributed by atoms with Gasteiger partial charge in [0.2, 0.25) is 0 Å². The van der Waals surface area contributed by atoms with Crippen LogP contribution in [0.3, 0.4) is 0 Å². The fraction of sp³-hybridized carbons (Fsp3) is 0. The van der Waals surface area contributed by atoms with Crippen molar-refractivity contribution in [2.45, 2.75) is 0 Å². The van der Waals surface area contributed by atoms with Gasteiger partial charge in [-0.1, -0.05) is 49.1 Å². The van der Waals surface area contributed by atoms with E-state index in [1.165, 1.54) is 0 Å². The smallest absolute Gasteiger partial charge is 0.0313 e. The van der Waals surface area contributed by atoms with E-state index in [4.69, 9.17) is 5.73 Å². The third kappa shape index (κ3) is 3.97. The Morgan fingerprint density at radius 1 is 0.846 bits per heavy atom. The summed E-state index contributed by atoms with van der Waals surface area (Å²) in [5.41, 5.74) is 7.35. The van der Waals surface area contributed by atoms with Crippen molar-refractivity contribution in [1.29, 1.82) is 0 Å². The largest absolute Gasteiger partial charge is 0.399 e. The van der Waals surface area contributed by atoms with E-state index in [9.17, 15) is 0 Å². The summed E-state index contributed by atoms with van der Waals surface area (Å²) in [5.74, 6) is 0. The van der Waals surface area contributed by atoms with E-state index in [0.717, 1.165) is 11.3 Å². The molecule has 0 spiro atoms. The summed E-state index contributed by atoms with van der Waals surface area (Å²) in [6, 6.07) is 0. The van der Waals surface area contributed by atoms with Crippen molar-refractivity contribution < 1.29 is 0 Å². The minimum atomic E-state index is 0.732. The highest BCUT2D eigenvalue weighted by atomic mass is 14.5. The molecule has 0 radical (unpaired) electrons. The first-order valence-corrected chi connectivity index (χ1v) is 4.13. The molecule has 1 aliphatic carbocycles. The second-order valence-electron chi connectivity index (χ2n) is 2.70. The Kier molecular flexibility index (Phi) is 3.58. The zero-order valence-electron chi connectivity index (χ0n) is 7.48. The lowest BCUT2D eigenvalue weighted by Gasteiger charge is -1.87. The van der Waals surface area contributed by atoms with Gasteiger partial charge in [-0.05, 0) is 17.7 Å². The molecule has 0 heterocycles. The predicted octanol–water partition coefficient (Wildman–Crippen LogP) is 2.62. The third-order valence-corrected chi connectivity index (χ3v) is 1.53. The van der Waals surface area contributed by atoms with Crippen molar-refractivity contribution in [3.63, 3.8) is 0 Å². The summed E-state index contributed by atoms with van der Waals surface area (Å²) in [5, 5.41) is 0. The Balaban J connectivity index is 2.88. The minimum Gasteiger partial charge on any atom is -0.399 e. The van der Waals surface area contributed by atoms with Crippen LogP contribution in [0.5, 0.6) is 0 Å². The van der Waals surface area contributed by atoms with Gasteiger partial charge in [0.05, 0.1) is 0 Å². The van der Waals surface area contributed by atoms with Crippen LogP contribution < -0.4 is 5.73 Å². The standard InChI is InChI=1S/C12H13N/c1-11-7-4-2-3-5-9-12(13)10-6-8-11/h2-10H,1,13H2/b3-2-,7-4-,8-6-,9-5+,12-10+. The maximum Gasteiger partial charge on any atom is 0.0313 e.